The molecule has 0 radical (unpaired) electrons. The molecule has 0 aliphatic heterocycles. The van der Waals surface area contributed by atoms with E-state index in [-0.39, 0.29) is 0 Å². The van der Waals surface area contributed by atoms with Gasteiger partial charge in [-0.1, -0.05) is 103 Å². The number of nitrogens with zero attached hydrogens (tertiary/aromatic N) is 3. The Labute approximate surface area is 286 Å². The van der Waals surface area contributed by atoms with Crippen molar-refractivity contribution in [3.05, 3.63) is 180 Å². The maximum atomic E-state index is 10.00. The topological polar surface area (TPSA) is 41.1 Å². The fourth-order valence-corrected chi connectivity index (χ4v) is 9.72. The van der Waals surface area contributed by atoms with E-state index >= 15 is 0 Å². The van der Waals surface area contributed by atoms with Crippen LogP contribution in [0.4, 0.5) is 0 Å². The van der Waals surface area contributed by atoms with Gasteiger partial charge < -0.3 is 0 Å². The Kier molecular flexibility index (Phi) is 5.26. The number of imidazole rings is 1. The molecule has 0 atom stereocenters. The summed E-state index contributed by atoms with van der Waals surface area (Å²) in [6.07, 6.45) is 2.23. The molecule has 0 fully saturated rings. The molecule has 4 heteroatoms. The molecule has 3 aromatic heterocycles. The van der Waals surface area contributed by atoms with Gasteiger partial charge in [0, 0.05) is 16.3 Å². The Morgan fingerprint density at radius 3 is 1.98 bits per heavy atom. The second kappa shape index (κ2) is 9.64. The number of aromatic nitrogens is 2. The van der Waals surface area contributed by atoms with Gasteiger partial charge in [0.15, 0.2) is 0 Å². The third kappa shape index (κ3) is 3.47. The molecule has 49 heavy (non-hydrogen) atoms. The van der Waals surface area contributed by atoms with Crippen LogP contribution < -0.4 is 0 Å². The predicted molar refractivity (Wildman–Crippen MR) is 200 cm³/mol. The molecule has 226 valence electrons. The zero-order valence-corrected chi connectivity index (χ0v) is 27.0. The number of rotatable bonds is 2. The van der Waals surface area contributed by atoms with Crippen LogP contribution in [0.25, 0.3) is 70.6 Å². The van der Waals surface area contributed by atoms with E-state index in [9.17, 15) is 5.26 Å². The number of hydrogen-bond donors (Lipinski definition) is 0. The summed E-state index contributed by atoms with van der Waals surface area (Å²) in [6, 6.07) is 54.9. The summed E-state index contributed by atoms with van der Waals surface area (Å²) < 4.78 is 3.50. The minimum Gasteiger partial charge on any atom is -0.290 e. The van der Waals surface area contributed by atoms with Crippen molar-refractivity contribution in [2.45, 2.75) is 5.41 Å². The summed E-state index contributed by atoms with van der Waals surface area (Å²) in [5, 5.41) is 11.2. The molecule has 0 saturated heterocycles. The van der Waals surface area contributed by atoms with Crippen molar-refractivity contribution in [1.82, 2.24) is 9.38 Å². The van der Waals surface area contributed by atoms with Crippen molar-refractivity contribution in [3.63, 3.8) is 0 Å². The normalized spacial score (nSPS) is 13.4. The van der Waals surface area contributed by atoms with E-state index in [1.807, 2.05) is 6.07 Å². The Morgan fingerprint density at radius 1 is 0.551 bits per heavy atom. The molecular formula is C45H25N3S. The van der Waals surface area contributed by atoms with E-state index in [2.05, 4.69) is 156 Å². The number of hydrogen-bond acceptors (Lipinski definition) is 3. The summed E-state index contributed by atoms with van der Waals surface area (Å²) >= 11 is 1.79. The Bertz CT molecular complexity index is 2870. The fraction of sp³-hybridized carbons (Fsp3) is 0.0222. The zero-order chi connectivity index (χ0) is 32.3. The SMILES string of the molecule is N#Cc1ccc2c(c1)C1(c3ccccc3-c3ccccc31)c1cc(-c3cccc(-c4ccc5nc6c7ccccc7sc6n5c4)c3)ccc1-2. The summed E-state index contributed by atoms with van der Waals surface area (Å²) in [5.41, 5.74) is 16.8. The standard InChI is InChI=1S/C45H25N3S/c46-25-27-16-19-34-35-20-17-30(24-40(35)45(39(34)22-27)37-13-4-1-10-32(37)33-11-2-5-14-38(33)45)28-8-7-9-29(23-28)31-18-21-42-47-43-36-12-3-6-15-41(36)49-44(43)48(42)26-31/h1-24,26H. The third-order valence-electron chi connectivity index (χ3n) is 10.7. The number of pyridine rings is 1. The van der Waals surface area contributed by atoms with Gasteiger partial charge in [-0.15, -0.1) is 11.3 Å². The first-order valence-corrected chi connectivity index (χ1v) is 17.3. The summed E-state index contributed by atoms with van der Waals surface area (Å²) in [4.78, 5) is 6.16. The predicted octanol–water partition coefficient (Wildman–Crippen LogP) is 11.3. The smallest absolute Gasteiger partial charge is 0.138 e. The second-order valence-electron chi connectivity index (χ2n) is 13.1. The highest BCUT2D eigenvalue weighted by molar-refractivity contribution is 7.25. The molecule has 3 nitrogen and oxygen atoms in total. The van der Waals surface area contributed by atoms with Crippen LogP contribution in [0.15, 0.2) is 152 Å². The molecule has 2 aliphatic carbocycles. The van der Waals surface area contributed by atoms with Crippen LogP contribution in [0.5, 0.6) is 0 Å². The minimum atomic E-state index is -0.500. The van der Waals surface area contributed by atoms with Crippen molar-refractivity contribution in [2.24, 2.45) is 0 Å². The van der Waals surface area contributed by atoms with E-state index in [0.29, 0.717) is 5.56 Å². The quantitative estimate of drug-likeness (QED) is 0.189. The molecular weight excluding hydrogens is 615 g/mol. The van der Waals surface area contributed by atoms with Gasteiger partial charge in [-0.25, -0.2) is 4.98 Å². The largest absolute Gasteiger partial charge is 0.290 e. The highest BCUT2D eigenvalue weighted by atomic mass is 32.1. The lowest BCUT2D eigenvalue weighted by molar-refractivity contribution is 0.793. The molecule has 0 N–H and O–H groups in total. The number of thiophene rings is 1. The molecule has 11 rings (SSSR count). The number of benzene rings is 6. The molecule has 1 spiro atoms. The van der Waals surface area contributed by atoms with Crippen LogP contribution in [0, 0.1) is 11.3 Å². The Morgan fingerprint density at radius 2 is 1.18 bits per heavy atom. The highest BCUT2D eigenvalue weighted by Gasteiger charge is 2.51. The van der Waals surface area contributed by atoms with Crippen molar-refractivity contribution >= 4 is 37.4 Å². The molecule has 3 heterocycles. The van der Waals surface area contributed by atoms with Gasteiger partial charge in [0.2, 0.25) is 0 Å². The highest BCUT2D eigenvalue weighted by Crippen LogP contribution is 2.63. The number of nitriles is 1. The molecule has 6 aromatic carbocycles. The molecule has 0 unspecified atom stereocenters. The molecule has 0 amide bonds. The fourth-order valence-electron chi connectivity index (χ4n) is 8.59. The monoisotopic (exact) mass is 639 g/mol. The van der Waals surface area contributed by atoms with E-state index < -0.39 is 5.41 Å². The van der Waals surface area contributed by atoms with Gasteiger partial charge in [-0.2, -0.15) is 5.26 Å². The van der Waals surface area contributed by atoms with E-state index in [1.165, 1.54) is 70.6 Å². The van der Waals surface area contributed by atoms with Crippen molar-refractivity contribution in [1.29, 1.82) is 5.26 Å². The Hall–Kier alpha value is -6.28. The molecule has 0 saturated carbocycles. The lowest BCUT2D eigenvalue weighted by Crippen LogP contribution is -2.26. The van der Waals surface area contributed by atoms with Crippen LogP contribution in [-0.2, 0) is 5.41 Å². The van der Waals surface area contributed by atoms with Crippen LogP contribution >= 0.6 is 11.3 Å². The molecule has 0 bridgehead atoms. The Balaban J connectivity index is 1.10. The van der Waals surface area contributed by atoms with Crippen LogP contribution in [0.1, 0.15) is 27.8 Å². The van der Waals surface area contributed by atoms with Crippen LogP contribution in [0.2, 0.25) is 0 Å². The first-order valence-electron chi connectivity index (χ1n) is 16.5. The first-order chi connectivity index (χ1) is 24.2. The zero-order valence-electron chi connectivity index (χ0n) is 26.2. The lowest BCUT2D eigenvalue weighted by Gasteiger charge is -2.30. The van der Waals surface area contributed by atoms with Crippen molar-refractivity contribution in [2.75, 3.05) is 0 Å². The molecule has 2 aliphatic rings. The van der Waals surface area contributed by atoms with Gasteiger partial charge in [0.05, 0.1) is 17.0 Å². The van der Waals surface area contributed by atoms with Gasteiger partial charge in [-0.05, 0) is 109 Å². The average molecular weight is 640 g/mol. The van der Waals surface area contributed by atoms with E-state index in [4.69, 9.17) is 4.98 Å². The van der Waals surface area contributed by atoms with Crippen molar-refractivity contribution < 1.29 is 0 Å². The second-order valence-corrected chi connectivity index (χ2v) is 14.1. The first kappa shape index (κ1) is 26.8. The van der Waals surface area contributed by atoms with Crippen LogP contribution in [0.3, 0.4) is 0 Å². The van der Waals surface area contributed by atoms with Crippen LogP contribution in [-0.4, -0.2) is 9.38 Å². The third-order valence-corrected chi connectivity index (χ3v) is 11.8. The summed E-state index contributed by atoms with van der Waals surface area (Å²) in [6.45, 7) is 0. The maximum absolute atomic E-state index is 10.00. The average Bonchev–Trinajstić information content (AvgIpc) is 3.88. The van der Waals surface area contributed by atoms with Gasteiger partial charge in [0.1, 0.15) is 16.0 Å². The van der Waals surface area contributed by atoms with E-state index in [0.717, 1.165) is 22.3 Å². The number of fused-ring (bicyclic) bond motifs is 15. The summed E-state index contributed by atoms with van der Waals surface area (Å²) in [7, 11) is 0. The maximum Gasteiger partial charge on any atom is 0.138 e. The van der Waals surface area contributed by atoms with Gasteiger partial charge in [0.25, 0.3) is 0 Å². The summed E-state index contributed by atoms with van der Waals surface area (Å²) in [5.74, 6) is 0. The molecule has 9 aromatic rings. The minimum absolute atomic E-state index is 0.500. The van der Waals surface area contributed by atoms with Crippen molar-refractivity contribution in [3.8, 4) is 50.6 Å². The van der Waals surface area contributed by atoms with Gasteiger partial charge in [-0.3, -0.25) is 4.40 Å². The van der Waals surface area contributed by atoms with Gasteiger partial charge >= 0.3 is 0 Å². The van der Waals surface area contributed by atoms with E-state index in [1.54, 1.807) is 11.3 Å². The lowest BCUT2D eigenvalue weighted by atomic mass is 9.70.